The van der Waals surface area contributed by atoms with Crippen LogP contribution in [0.1, 0.15) is 31.9 Å². The molecule has 4 N–H and O–H groups in total. The molecule has 0 bridgehead atoms. The number of benzene rings is 2. The van der Waals surface area contributed by atoms with E-state index in [0.29, 0.717) is 0 Å². The van der Waals surface area contributed by atoms with Crippen LogP contribution in [0.2, 0.25) is 0 Å². The summed E-state index contributed by atoms with van der Waals surface area (Å²) in [5, 5.41) is 32.6. The number of hydrogen-bond acceptors (Lipinski definition) is 5. The molecule has 0 aromatic heterocycles. The fourth-order valence-corrected chi connectivity index (χ4v) is 3.28. The molecule has 4 atom stereocenters. The predicted molar refractivity (Wildman–Crippen MR) is 107 cm³/mol. The van der Waals surface area contributed by atoms with Crippen molar-refractivity contribution in [1.29, 1.82) is 0 Å². The van der Waals surface area contributed by atoms with Gasteiger partial charge in [0.15, 0.2) is 0 Å². The first-order valence-corrected chi connectivity index (χ1v) is 9.52. The lowest BCUT2D eigenvalue weighted by Gasteiger charge is -2.37. The van der Waals surface area contributed by atoms with Crippen LogP contribution in [0.3, 0.4) is 0 Å². The molecule has 150 valence electrons. The molecule has 0 aliphatic carbocycles. The molecule has 0 saturated carbocycles. The van der Waals surface area contributed by atoms with Gasteiger partial charge in [0, 0.05) is 18.0 Å². The maximum absolute atomic E-state index is 11.8. The van der Waals surface area contributed by atoms with E-state index in [9.17, 15) is 20.1 Å². The third kappa shape index (κ3) is 4.59. The number of carbonyl (C=O) groups is 1. The number of aliphatic hydroxyl groups is 3. The van der Waals surface area contributed by atoms with E-state index in [4.69, 9.17) is 4.74 Å². The van der Waals surface area contributed by atoms with Gasteiger partial charge in [0.25, 0.3) is 0 Å². The van der Waals surface area contributed by atoms with Gasteiger partial charge in [0.2, 0.25) is 5.91 Å². The molecule has 6 heteroatoms. The van der Waals surface area contributed by atoms with Crippen LogP contribution in [0.4, 0.5) is 5.69 Å². The van der Waals surface area contributed by atoms with Gasteiger partial charge in [0.05, 0.1) is 18.8 Å². The first-order valence-electron chi connectivity index (χ1n) is 9.52. The van der Waals surface area contributed by atoms with Crippen LogP contribution >= 0.6 is 0 Å². The number of anilines is 1. The quantitative estimate of drug-likeness (QED) is 0.634. The van der Waals surface area contributed by atoms with Crippen molar-refractivity contribution in [1.82, 2.24) is 0 Å². The first-order chi connectivity index (χ1) is 13.4. The molecule has 1 fully saturated rings. The van der Waals surface area contributed by atoms with Crippen molar-refractivity contribution in [2.75, 3.05) is 11.9 Å². The third-order valence-corrected chi connectivity index (χ3v) is 4.98. The van der Waals surface area contributed by atoms with Crippen LogP contribution in [0.15, 0.2) is 48.5 Å². The molecule has 2 aromatic rings. The number of ether oxygens (including phenoxy) is 1. The van der Waals surface area contributed by atoms with Gasteiger partial charge in [0.1, 0.15) is 12.2 Å². The summed E-state index contributed by atoms with van der Waals surface area (Å²) in [6.45, 7) is 3.48. The van der Waals surface area contributed by atoms with Crippen LogP contribution in [0.25, 0.3) is 11.1 Å². The van der Waals surface area contributed by atoms with Gasteiger partial charge in [-0.2, -0.15) is 0 Å². The SMILES string of the molecule is CC(C)C(=O)Nc1ccc(-c2cccc([C@H]3O[C@H](CO)C[C@H](O)[C@@H]3O)c2)cc1. The monoisotopic (exact) mass is 385 g/mol. The Morgan fingerprint density at radius 2 is 1.86 bits per heavy atom. The smallest absolute Gasteiger partial charge is 0.226 e. The van der Waals surface area contributed by atoms with Gasteiger partial charge in [-0.15, -0.1) is 0 Å². The number of nitrogens with one attached hydrogen (secondary N) is 1. The minimum atomic E-state index is -1.05. The number of hydrogen-bond donors (Lipinski definition) is 4. The summed E-state index contributed by atoms with van der Waals surface area (Å²) < 4.78 is 5.77. The highest BCUT2D eigenvalue weighted by Gasteiger charge is 2.37. The Labute approximate surface area is 164 Å². The predicted octanol–water partition coefficient (Wildman–Crippen LogP) is 2.49. The second-order valence-corrected chi connectivity index (χ2v) is 7.50. The summed E-state index contributed by atoms with van der Waals surface area (Å²) in [6, 6.07) is 15.1. The van der Waals surface area contributed by atoms with Crippen molar-refractivity contribution in [2.45, 2.75) is 44.7 Å². The molecule has 0 spiro atoms. The number of aliphatic hydroxyl groups excluding tert-OH is 3. The normalized spacial score (nSPS) is 24.9. The van der Waals surface area contributed by atoms with E-state index in [1.165, 1.54) is 0 Å². The Hall–Kier alpha value is -2.25. The molecule has 1 aliphatic rings. The second-order valence-electron chi connectivity index (χ2n) is 7.50. The highest BCUT2D eigenvalue weighted by atomic mass is 16.5. The molecular weight excluding hydrogens is 358 g/mol. The Bertz CT molecular complexity index is 805. The zero-order valence-electron chi connectivity index (χ0n) is 16.1. The summed E-state index contributed by atoms with van der Waals surface area (Å²) in [6.07, 6.45) is -2.99. The molecule has 1 aliphatic heterocycles. The molecular formula is C22H27NO5. The molecule has 0 unspecified atom stereocenters. The van der Waals surface area contributed by atoms with E-state index in [1.54, 1.807) is 0 Å². The molecule has 0 radical (unpaired) electrons. The summed E-state index contributed by atoms with van der Waals surface area (Å²) in [7, 11) is 0. The Balaban J connectivity index is 1.80. The zero-order valence-corrected chi connectivity index (χ0v) is 16.1. The fraction of sp³-hybridized carbons (Fsp3) is 0.409. The van der Waals surface area contributed by atoms with Gasteiger partial charge in [-0.25, -0.2) is 0 Å². The number of carbonyl (C=O) groups excluding carboxylic acids is 1. The molecule has 2 aromatic carbocycles. The number of amides is 1. The van der Waals surface area contributed by atoms with Gasteiger partial charge in [-0.1, -0.05) is 44.2 Å². The van der Waals surface area contributed by atoms with E-state index in [2.05, 4.69) is 5.32 Å². The van der Waals surface area contributed by atoms with E-state index in [-0.39, 0.29) is 24.9 Å². The van der Waals surface area contributed by atoms with Gasteiger partial charge in [-0.05, 0) is 34.9 Å². The van der Waals surface area contributed by atoms with Crippen LogP contribution in [0.5, 0.6) is 0 Å². The molecule has 1 saturated heterocycles. The maximum Gasteiger partial charge on any atom is 0.226 e. The van der Waals surface area contributed by atoms with E-state index in [1.807, 2.05) is 62.4 Å². The van der Waals surface area contributed by atoms with E-state index < -0.39 is 24.4 Å². The molecule has 3 rings (SSSR count). The summed E-state index contributed by atoms with van der Waals surface area (Å²) >= 11 is 0. The van der Waals surface area contributed by atoms with Crippen molar-refractivity contribution in [3.63, 3.8) is 0 Å². The summed E-state index contributed by atoms with van der Waals surface area (Å²) in [4.78, 5) is 11.8. The molecule has 28 heavy (non-hydrogen) atoms. The Morgan fingerprint density at radius 3 is 2.50 bits per heavy atom. The molecule has 1 heterocycles. The van der Waals surface area contributed by atoms with Crippen molar-refractivity contribution in [2.24, 2.45) is 5.92 Å². The minimum absolute atomic E-state index is 0.0322. The van der Waals surface area contributed by atoms with Gasteiger partial charge in [-0.3, -0.25) is 4.79 Å². The summed E-state index contributed by atoms with van der Waals surface area (Å²) in [5.74, 6) is -0.119. The molecule has 1 amide bonds. The second kappa shape index (κ2) is 8.84. The first kappa shape index (κ1) is 20.5. The standard InChI is InChI=1S/C22H27NO5/c1-13(2)22(27)23-17-8-6-14(7-9-17)15-4-3-5-16(10-15)21-20(26)19(25)11-18(12-24)28-21/h3-10,13,18-21,24-26H,11-12H2,1-2H3,(H,23,27)/t18-,19-,20-,21+/m0/s1. The lowest BCUT2D eigenvalue weighted by atomic mass is 9.91. The highest BCUT2D eigenvalue weighted by Crippen LogP contribution is 2.34. The third-order valence-electron chi connectivity index (χ3n) is 4.98. The summed E-state index contributed by atoms with van der Waals surface area (Å²) in [5.41, 5.74) is 3.35. The largest absolute Gasteiger partial charge is 0.394 e. The average molecular weight is 385 g/mol. The fourth-order valence-electron chi connectivity index (χ4n) is 3.28. The topological polar surface area (TPSA) is 99.0 Å². The van der Waals surface area contributed by atoms with Crippen LogP contribution < -0.4 is 5.32 Å². The highest BCUT2D eigenvalue weighted by molar-refractivity contribution is 5.92. The molecule has 6 nitrogen and oxygen atoms in total. The van der Waals surface area contributed by atoms with Gasteiger partial charge < -0.3 is 25.4 Å². The van der Waals surface area contributed by atoms with Crippen LogP contribution in [0, 0.1) is 5.92 Å². The minimum Gasteiger partial charge on any atom is -0.394 e. The zero-order chi connectivity index (χ0) is 20.3. The van der Waals surface area contributed by atoms with E-state index >= 15 is 0 Å². The maximum atomic E-state index is 11.8. The number of rotatable bonds is 5. The Morgan fingerprint density at radius 1 is 1.14 bits per heavy atom. The Kier molecular flexibility index (Phi) is 6.46. The van der Waals surface area contributed by atoms with Crippen molar-refractivity contribution in [3.8, 4) is 11.1 Å². The average Bonchev–Trinajstić information content (AvgIpc) is 2.70. The van der Waals surface area contributed by atoms with Crippen LogP contribution in [-0.4, -0.2) is 46.1 Å². The van der Waals surface area contributed by atoms with Crippen molar-refractivity contribution in [3.05, 3.63) is 54.1 Å². The van der Waals surface area contributed by atoms with Crippen molar-refractivity contribution >= 4 is 11.6 Å². The lowest BCUT2D eigenvalue weighted by molar-refractivity contribution is -0.179. The van der Waals surface area contributed by atoms with Crippen LogP contribution in [-0.2, 0) is 9.53 Å². The van der Waals surface area contributed by atoms with Gasteiger partial charge >= 0.3 is 0 Å². The van der Waals surface area contributed by atoms with Crippen molar-refractivity contribution < 1.29 is 24.9 Å². The lowest BCUT2D eigenvalue weighted by Crippen LogP contribution is -2.44. The van der Waals surface area contributed by atoms with E-state index in [0.717, 1.165) is 22.4 Å².